The highest BCUT2D eigenvalue weighted by molar-refractivity contribution is 5.91. The summed E-state index contributed by atoms with van der Waals surface area (Å²) in [6.07, 6.45) is 0.644. The number of nitrogens with one attached hydrogen (secondary N) is 1. The minimum Gasteiger partial charge on any atom is -0.469 e. The second kappa shape index (κ2) is 11.4. The minimum absolute atomic E-state index is 0.204. The molecule has 8 nitrogen and oxygen atoms in total. The molecule has 0 atom stereocenters. The summed E-state index contributed by atoms with van der Waals surface area (Å²) in [5.41, 5.74) is 2.07. The van der Waals surface area contributed by atoms with Crippen molar-refractivity contribution < 1.29 is 33.4 Å². The quantitative estimate of drug-likeness (QED) is 0.382. The van der Waals surface area contributed by atoms with E-state index < -0.39 is 18.5 Å². The third-order valence-corrected chi connectivity index (χ3v) is 4.01. The van der Waals surface area contributed by atoms with E-state index in [2.05, 4.69) is 10.1 Å². The maximum atomic E-state index is 12.1. The van der Waals surface area contributed by atoms with Gasteiger partial charge < -0.3 is 19.5 Å². The molecule has 2 aromatic carbocycles. The number of esters is 3. The number of carbonyl (C=O) groups excluding carboxylic acids is 4. The summed E-state index contributed by atoms with van der Waals surface area (Å²) >= 11 is 0. The fourth-order valence-corrected chi connectivity index (χ4v) is 2.51. The van der Waals surface area contributed by atoms with Crippen LogP contribution in [0.25, 0.3) is 11.1 Å². The summed E-state index contributed by atoms with van der Waals surface area (Å²) in [5.74, 6) is -1.34. The molecule has 0 aliphatic heterocycles. The van der Waals surface area contributed by atoms with Crippen LogP contribution in [-0.2, 0) is 23.9 Å². The van der Waals surface area contributed by atoms with E-state index in [-0.39, 0.29) is 24.9 Å². The monoisotopic (exact) mass is 413 g/mol. The van der Waals surface area contributed by atoms with E-state index in [1.165, 1.54) is 14.0 Å². The Hall–Kier alpha value is -3.68. The van der Waals surface area contributed by atoms with Gasteiger partial charge in [0, 0.05) is 19.9 Å². The van der Waals surface area contributed by atoms with Crippen molar-refractivity contribution in [2.24, 2.45) is 0 Å². The molecule has 0 aliphatic carbocycles. The van der Waals surface area contributed by atoms with Gasteiger partial charge in [0.2, 0.25) is 0 Å². The highest BCUT2D eigenvalue weighted by Crippen LogP contribution is 2.23. The fraction of sp³-hybridized carbons (Fsp3) is 0.273. The highest BCUT2D eigenvalue weighted by Gasteiger charge is 2.11. The number of carbonyl (C=O) groups is 4. The van der Waals surface area contributed by atoms with Crippen LogP contribution in [-0.4, -0.2) is 44.1 Å². The largest absolute Gasteiger partial charge is 0.469 e. The van der Waals surface area contributed by atoms with Crippen molar-refractivity contribution in [3.05, 3.63) is 54.1 Å². The molecule has 0 aliphatic rings. The molecule has 2 aromatic rings. The number of amides is 1. The predicted molar refractivity (Wildman–Crippen MR) is 108 cm³/mol. The highest BCUT2D eigenvalue weighted by atomic mass is 16.5. The molecule has 0 saturated carbocycles. The SMILES string of the molecule is COC(=O)CCCNC(=O)COC(=O)c1ccc(-c2ccc(OC(C)=O)cc2)cc1. The average Bonchev–Trinajstić information content (AvgIpc) is 2.75. The summed E-state index contributed by atoms with van der Waals surface area (Å²) in [6, 6.07) is 13.7. The number of rotatable bonds is 9. The average molecular weight is 413 g/mol. The van der Waals surface area contributed by atoms with Crippen molar-refractivity contribution in [3.8, 4) is 16.9 Å². The van der Waals surface area contributed by atoms with Gasteiger partial charge in [-0.3, -0.25) is 14.4 Å². The molecule has 0 bridgehead atoms. The summed E-state index contributed by atoms with van der Waals surface area (Å²) in [6.45, 7) is 1.22. The maximum Gasteiger partial charge on any atom is 0.338 e. The third-order valence-electron chi connectivity index (χ3n) is 4.01. The molecule has 0 aromatic heterocycles. The van der Waals surface area contributed by atoms with E-state index in [4.69, 9.17) is 9.47 Å². The zero-order valence-electron chi connectivity index (χ0n) is 16.8. The lowest BCUT2D eigenvalue weighted by atomic mass is 10.0. The summed E-state index contributed by atoms with van der Waals surface area (Å²) < 4.78 is 14.5. The van der Waals surface area contributed by atoms with Crippen molar-refractivity contribution >= 4 is 23.8 Å². The Bertz CT molecular complexity index is 889. The van der Waals surface area contributed by atoms with Crippen molar-refractivity contribution in [3.63, 3.8) is 0 Å². The molecule has 0 spiro atoms. The van der Waals surface area contributed by atoms with E-state index >= 15 is 0 Å². The van der Waals surface area contributed by atoms with Crippen LogP contribution in [0.2, 0.25) is 0 Å². The third kappa shape index (κ3) is 7.38. The van der Waals surface area contributed by atoms with E-state index in [0.717, 1.165) is 11.1 Å². The van der Waals surface area contributed by atoms with Gasteiger partial charge in [-0.25, -0.2) is 4.79 Å². The zero-order valence-corrected chi connectivity index (χ0v) is 16.8. The van der Waals surface area contributed by atoms with Crippen LogP contribution in [0.5, 0.6) is 5.75 Å². The molecule has 0 heterocycles. The topological polar surface area (TPSA) is 108 Å². The minimum atomic E-state index is -0.614. The number of hydrogen-bond acceptors (Lipinski definition) is 7. The van der Waals surface area contributed by atoms with Gasteiger partial charge in [-0.2, -0.15) is 0 Å². The van der Waals surface area contributed by atoms with Crippen molar-refractivity contribution in [1.82, 2.24) is 5.32 Å². The van der Waals surface area contributed by atoms with Crippen molar-refractivity contribution in [2.45, 2.75) is 19.8 Å². The normalized spacial score (nSPS) is 10.1. The molecule has 158 valence electrons. The second-order valence-electron chi connectivity index (χ2n) is 6.30. The van der Waals surface area contributed by atoms with Gasteiger partial charge in [-0.15, -0.1) is 0 Å². The van der Waals surface area contributed by atoms with E-state index in [9.17, 15) is 19.2 Å². The van der Waals surface area contributed by atoms with Crippen LogP contribution < -0.4 is 10.1 Å². The lowest BCUT2D eigenvalue weighted by molar-refractivity contribution is -0.140. The Balaban J connectivity index is 1.81. The molecule has 0 unspecified atom stereocenters. The van der Waals surface area contributed by atoms with Gasteiger partial charge in [0.1, 0.15) is 5.75 Å². The smallest absolute Gasteiger partial charge is 0.338 e. The molecule has 0 saturated heterocycles. The summed E-state index contributed by atoms with van der Waals surface area (Å²) in [5, 5.41) is 2.56. The first-order valence-corrected chi connectivity index (χ1v) is 9.28. The van der Waals surface area contributed by atoms with Crippen LogP contribution >= 0.6 is 0 Å². The van der Waals surface area contributed by atoms with Crippen LogP contribution in [0, 0.1) is 0 Å². The lowest BCUT2D eigenvalue weighted by Crippen LogP contribution is -2.29. The molecule has 1 amide bonds. The van der Waals surface area contributed by atoms with E-state index in [1.807, 2.05) is 0 Å². The maximum absolute atomic E-state index is 12.1. The molecular formula is C22H23NO7. The Labute approximate surface area is 174 Å². The van der Waals surface area contributed by atoms with Gasteiger partial charge >= 0.3 is 17.9 Å². The first kappa shape index (κ1) is 22.6. The summed E-state index contributed by atoms with van der Waals surface area (Å²) in [7, 11) is 1.30. The standard InChI is InChI=1S/C22H23NO7/c1-15(24)30-19-11-9-17(10-12-19)16-5-7-18(8-6-16)22(27)29-14-20(25)23-13-3-4-21(26)28-2/h5-12H,3-4,13-14H2,1-2H3,(H,23,25). The van der Waals surface area contributed by atoms with Gasteiger partial charge in [-0.05, 0) is 41.8 Å². The van der Waals surface area contributed by atoms with Crippen molar-refractivity contribution in [2.75, 3.05) is 20.3 Å². The Morgan fingerprint density at radius 1 is 0.900 bits per heavy atom. The number of hydrogen-bond donors (Lipinski definition) is 1. The molecule has 8 heteroatoms. The second-order valence-corrected chi connectivity index (χ2v) is 6.30. The van der Waals surface area contributed by atoms with Crippen LogP contribution in [0.4, 0.5) is 0 Å². The van der Waals surface area contributed by atoms with Gasteiger partial charge in [0.05, 0.1) is 12.7 Å². The molecule has 0 radical (unpaired) electrons. The first-order valence-electron chi connectivity index (χ1n) is 9.28. The lowest BCUT2D eigenvalue weighted by Gasteiger charge is -2.08. The van der Waals surface area contributed by atoms with E-state index in [0.29, 0.717) is 17.7 Å². The Morgan fingerprint density at radius 2 is 1.50 bits per heavy atom. The molecular weight excluding hydrogens is 390 g/mol. The van der Waals surface area contributed by atoms with Crippen molar-refractivity contribution in [1.29, 1.82) is 0 Å². The fourth-order valence-electron chi connectivity index (χ4n) is 2.51. The zero-order chi connectivity index (χ0) is 21.9. The van der Waals surface area contributed by atoms with Gasteiger partial charge in [0.25, 0.3) is 5.91 Å². The predicted octanol–water partition coefficient (Wildman–Crippen LogP) is 2.51. The van der Waals surface area contributed by atoms with Gasteiger partial charge in [-0.1, -0.05) is 24.3 Å². The molecule has 1 N–H and O–H groups in total. The van der Waals surface area contributed by atoms with Crippen LogP contribution in [0.1, 0.15) is 30.1 Å². The number of benzene rings is 2. The molecule has 0 fully saturated rings. The number of methoxy groups -OCH3 is 1. The molecule has 2 rings (SSSR count). The Kier molecular flexibility index (Phi) is 8.56. The number of ether oxygens (including phenoxy) is 3. The Morgan fingerprint density at radius 3 is 2.07 bits per heavy atom. The van der Waals surface area contributed by atoms with Crippen LogP contribution in [0.3, 0.4) is 0 Å². The van der Waals surface area contributed by atoms with Crippen LogP contribution in [0.15, 0.2) is 48.5 Å². The van der Waals surface area contributed by atoms with E-state index in [1.54, 1.807) is 48.5 Å². The van der Waals surface area contributed by atoms with Gasteiger partial charge in [0.15, 0.2) is 6.61 Å². The summed E-state index contributed by atoms with van der Waals surface area (Å²) in [4.78, 5) is 45.7. The first-order chi connectivity index (χ1) is 14.4. The molecule has 30 heavy (non-hydrogen) atoms.